The van der Waals surface area contributed by atoms with E-state index in [0.29, 0.717) is 29.9 Å². The number of hydrogen-bond donors (Lipinski definition) is 2. The Balaban J connectivity index is 1.80. The number of benzene rings is 3. The Kier molecular flexibility index (Phi) is 7.17. The average molecular weight is 418 g/mol. The standard InChI is InChI=1S/C25H22O6/c26-23(27)12-10-18-15-20(24(28)19-7-4-8-21(16-19)25(29)30)9-11-22(18)31-14-13-17-5-2-1-3-6-17/h1-9,11,15-16H,10,12-14H2,(H,26,27)(H,29,30). The summed E-state index contributed by atoms with van der Waals surface area (Å²) < 4.78 is 5.88. The van der Waals surface area contributed by atoms with Gasteiger partial charge < -0.3 is 14.9 Å². The fourth-order valence-electron chi connectivity index (χ4n) is 3.18. The molecule has 0 radical (unpaired) electrons. The maximum Gasteiger partial charge on any atom is 0.335 e. The van der Waals surface area contributed by atoms with Gasteiger partial charge in [-0.1, -0.05) is 42.5 Å². The normalized spacial score (nSPS) is 10.5. The van der Waals surface area contributed by atoms with E-state index in [-0.39, 0.29) is 29.8 Å². The van der Waals surface area contributed by atoms with Crippen LogP contribution < -0.4 is 4.74 Å². The Bertz CT molecular complexity index is 1090. The molecule has 6 heteroatoms. The predicted molar refractivity (Wildman–Crippen MR) is 115 cm³/mol. The molecule has 0 saturated heterocycles. The van der Waals surface area contributed by atoms with Gasteiger partial charge in [-0.2, -0.15) is 0 Å². The van der Waals surface area contributed by atoms with Crippen LogP contribution in [0.5, 0.6) is 5.75 Å². The van der Waals surface area contributed by atoms with E-state index in [4.69, 9.17) is 14.9 Å². The molecule has 0 fully saturated rings. The number of rotatable bonds is 10. The van der Waals surface area contributed by atoms with Gasteiger partial charge in [-0.15, -0.1) is 0 Å². The maximum absolute atomic E-state index is 12.9. The molecule has 3 aromatic carbocycles. The van der Waals surface area contributed by atoms with Crippen molar-refractivity contribution in [2.24, 2.45) is 0 Å². The van der Waals surface area contributed by atoms with Crippen molar-refractivity contribution < 1.29 is 29.3 Å². The van der Waals surface area contributed by atoms with Crippen molar-refractivity contribution in [2.75, 3.05) is 6.61 Å². The molecule has 0 amide bonds. The lowest BCUT2D eigenvalue weighted by molar-refractivity contribution is -0.136. The number of hydrogen-bond acceptors (Lipinski definition) is 4. The Morgan fingerprint density at radius 2 is 1.45 bits per heavy atom. The monoisotopic (exact) mass is 418 g/mol. The molecule has 0 aliphatic heterocycles. The molecule has 0 saturated carbocycles. The third-order valence-corrected chi connectivity index (χ3v) is 4.79. The second-order valence-electron chi connectivity index (χ2n) is 7.02. The molecule has 0 aromatic heterocycles. The number of ketones is 1. The van der Waals surface area contributed by atoms with E-state index in [0.717, 1.165) is 5.56 Å². The van der Waals surface area contributed by atoms with E-state index in [1.54, 1.807) is 24.3 Å². The van der Waals surface area contributed by atoms with Crippen molar-refractivity contribution >= 4 is 17.7 Å². The van der Waals surface area contributed by atoms with Gasteiger partial charge in [0.2, 0.25) is 0 Å². The van der Waals surface area contributed by atoms with Crippen molar-refractivity contribution in [3.63, 3.8) is 0 Å². The van der Waals surface area contributed by atoms with Gasteiger partial charge in [0, 0.05) is 24.0 Å². The lowest BCUT2D eigenvalue weighted by atomic mass is 9.98. The van der Waals surface area contributed by atoms with Crippen LogP contribution >= 0.6 is 0 Å². The number of carbonyl (C=O) groups is 3. The van der Waals surface area contributed by atoms with Gasteiger partial charge in [0.15, 0.2) is 5.78 Å². The summed E-state index contributed by atoms with van der Waals surface area (Å²) in [7, 11) is 0. The zero-order valence-electron chi connectivity index (χ0n) is 16.8. The predicted octanol–water partition coefficient (Wildman–Crippen LogP) is 4.25. The molecular formula is C25H22O6. The van der Waals surface area contributed by atoms with Gasteiger partial charge in [0.1, 0.15) is 5.75 Å². The summed E-state index contributed by atoms with van der Waals surface area (Å²) >= 11 is 0. The van der Waals surface area contributed by atoms with Crippen molar-refractivity contribution in [3.8, 4) is 5.75 Å². The molecule has 0 aliphatic carbocycles. The fourth-order valence-corrected chi connectivity index (χ4v) is 3.18. The first-order chi connectivity index (χ1) is 14.9. The average Bonchev–Trinajstić information content (AvgIpc) is 2.78. The van der Waals surface area contributed by atoms with Gasteiger partial charge in [-0.25, -0.2) is 4.79 Å². The summed E-state index contributed by atoms with van der Waals surface area (Å²) in [5, 5.41) is 18.2. The molecule has 31 heavy (non-hydrogen) atoms. The minimum absolute atomic E-state index is 0.0258. The summed E-state index contributed by atoms with van der Waals surface area (Å²) in [5.74, 6) is -1.86. The highest BCUT2D eigenvalue weighted by Gasteiger charge is 2.15. The van der Waals surface area contributed by atoms with E-state index < -0.39 is 11.9 Å². The fraction of sp³-hybridized carbons (Fsp3) is 0.160. The maximum atomic E-state index is 12.9. The first-order valence-corrected chi connectivity index (χ1v) is 9.83. The molecule has 3 aromatic rings. The third kappa shape index (κ3) is 6.02. The van der Waals surface area contributed by atoms with E-state index in [1.807, 2.05) is 30.3 Å². The summed E-state index contributed by atoms with van der Waals surface area (Å²) in [6.07, 6.45) is 0.815. The topological polar surface area (TPSA) is 101 Å². The minimum Gasteiger partial charge on any atom is -0.493 e. The number of carboxylic acid groups (broad SMARTS) is 2. The summed E-state index contributed by atoms with van der Waals surface area (Å²) in [5.41, 5.74) is 2.37. The zero-order valence-corrected chi connectivity index (χ0v) is 16.8. The molecule has 0 aliphatic rings. The largest absolute Gasteiger partial charge is 0.493 e. The Morgan fingerprint density at radius 3 is 2.16 bits per heavy atom. The van der Waals surface area contributed by atoms with Crippen LogP contribution in [-0.2, 0) is 17.6 Å². The van der Waals surface area contributed by atoms with Gasteiger partial charge in [-0.3, -0.25) is 9.59 Å². The number of carboxylic acids is 2. The van der Waals surface area contributed by atoms with Gasteiger partial charge in [0.25, 0.3) is 0 Å². The van der Waals surface area contributed by atoms with Crippen molar-refractivity contribution in [1.82, 2.24) is 0 Å². The number of carbonyl (C=O) groups excluding carboxylic acids is 1. The van der Waals surface area contributed by atoms with Crippen molar-refractivity contribution in [1.29, 1.82) is 0 Å². The van der Waals surface area contributed by atoms with Gasteiger partial charge in [-0.05, 0) is 47.9 Å². The van der Waals surface area contributed by atoms with Crippen molar-refractivity contribution in [2.45, 2.75) is 19.3 Å². The number of ether oxygens (including phenoxy) is 1. The second kappa shape index (κ2) is 10.2. The molecule has 158 valence electrons. The van der Waals surface area contributed by atoms with Crippen LogP contribution in [0.3, 0.4) is 0 Å². The van der Waals surface area contributed by atoms with E-state index in [1.165, 1.54) is 18.2 Å². The molecule has 6 nitrogen and oxygen atoms in total. The summed E-state index contributed by atoms with van der Waals surface area (Å²) in [4.78, 5) is 35.1. The molecule has 2 N–H and O–H groups in total. The van der Waals surface area contributed by atoms with Crippen LogP contribution in [0, 0.1) is 0 Å². The first-order valence-electron chi connectivity index (χ1n) is 9.83. The van der Waals surface area contributed by atoms with Crippen LogP contribution in [0.15, 0.2) is 72.8 Å². The third-order valence-electron chi connectivity index (χ3n) is 4.79. The lowest BCUT2D eigenvalue weighted by Gasteiger charge is -2.13. The van der Waals surface area contributed by atoms with Crippen LogP contribution in [0.2, 0.25) is 0 Å². The minimum atomic E-state index is -1.11. The molecule has 0 atom stereocenters. The molecule has 0 bridgehead atoms. The number of aliphatic carboxylic acids is 1. The lowest BCUT2D eigenvalue weighted by Crippen LogP contribution is -2.08. The van der Waals surface area contributed by atoms with Gasteiger partial charge >= 0.3 is 11.9 Å². The van der Waals surface area contributed by atoms with Crippen LogP contribution in [-0.4, -0.2) is 34.5 Å². The zero-order chi connectivity index (χ0) is 22.2. The summed E-state index contributed by atoms with van der Waals surface area (Å²) in [6, 6.07) is 20.6. The Morgan fingerprint density at radius 1 is 0.742 bits per heavy atom. The second-order valence-corrected chi connectivity index (χ2v) is 7.02. The van der Waals surface area contributed by atoms with Crippen LogP contribution in [0.4, 0.5) is 0 Å². The van der Waals surface area contributed by atoms with E-state index in [9.17, 15) is 14.4 Å². The van der Waals surface area contributed by atoms with Gasteiger partial charge in [0.05, 0.1) is 12.2 Å². The highest BCUT2D eigenvalue weighted by atomic mass is 16.5. The number of aromatic carboxylic acids is 1. The molecular weight excluding hydrogens is 396 g/mol. The highest BCUT2D eigenvalue weighted by molar-refractivity contribution is 6.10. The molecule has 0 heterocycles. The van der Waals surface area contributed by atoms with Crippen LogP contribution in [0.1, 0.15) is 43.8 Å². The Hall–Kier alpha value is -3.93. The summed E-state index contributed by atoms with van der Waals surface area (Å²) in [6.45, 7) is 0.415. The Labute approximate surface area is 179 Å². The quantitative estimate of drug-likeness (QED) is 0.477. The van der Waals surface area contributed by atoms with Crippen molar-refractivity contribution in [3.05, 3.63) is 101 Å². The smallest absolute Gasteiger partial charge is 0.335 e. The molecule has 3 rings (SSSR count). The van der Waals surface area contributed by atoms with Crippen LogP contribution in [0.25, 0.3) is 0 Å². The highest BCUT2D eigenvalue weighted by Crippen LogP contribution is 2.24. The SMILES string of the molecule is O=C(O)CCc1cc(C(=O)c2cccc(C(=O)O)c2)ccc1OCCc1ccccc1. The molecule has 0 spiro atoms. The number of aryl methyl sites for hydroxylation is 1. The van der Waals surface area contributed by atoms with E-state index in [2.05, 4.69) is 0 Å². The molecule has 0 unspecified atom stereocenters. The van der Waals surface area contributed by atoms with E-state index >= 15 is 0 Å². The first kappa shape index (κ1) is 21.8.